The van der Waals surface area contributed by atoms with Crippen LogP contribution in [0, 0.1) is 0 Å². The van der Waals surface area contributed by atoms with Crippen LogP contribution >= 0.6 is 12.2 Å². The summed E-state index contributed by atoms with van der Waals surface area (Å²) in [5.41, 5.74) is 4.52. The topological polar surface area (TPSA) is 96.3 Å². The Hall–Kier alpha value is -4.00. The first-order valence-electron chi connectivity index (χ1n) is 13.0. The molecule has 0 saturated carbocycles. The minimum atomic E-state index is -4.74. The van der Waals surface area contributed by atoms with Crippen molar-refractivity contribution in [2.75, 3.05) is 11.9 Å². The van der Waals surface area contributed by atoms with E-state index in [2.05, 4.69) is 44.6 Å². The summed E-state index contributed by atoms with van der Waals surface area (Å²) >= 11 is 5.34. The highest BCUT2D eigenvalue weighted by Gasteiger charge is 2.31. The lowest BCUT2D eigenvalue weighted by Gasteiger charge is -2.19. The molecule has 1 atom stereocenters. The summed E-state index contributed by atoms with van der Waals surface area (Å²) in [6.45, 7) is 4.79. The summed E-state index contributed by atoms with van der Waals surface area (Å²) in [4.78, 5) is 4.31. The number of aromatic nitrogens is 3. The van der Waals surface area contributed by atoms with Gasteiger partial charge in [0.25, 0.3) is 0 Å². The maximum Gasteiger partial charge on any atom is 0.573 e. The number of alkyl halides is 3. The van der Waals surface area contributed by atoms with E-state index >= 15 is 0 Å². The Bertz CT molecular complexity index is 1430. The predicted molar refractivity (Wildman–Crippen MR) is 156 cm³/mol. The molecule has 1 aromatic heterocycles. The van der Waals surface area contributed by atoms with Crippen LogP contribution in [0.25, 0.3) is 17.1 Å². The molecule has 1 unspecified atom stereocenters. The van der Waals surface area contributed by atoms with Gasteiger partial charge in [0.15, 0.2) is 17.3 Å². The van der Waals surface area contributed by atoms with Gasteiger partial charge in [-0.25, -0.2) is 9.67 Å². The summed E-state index contributed by atoms with van der Waals surface area (Å²) in [7, 11) is 0. The first kappa shape index (κ1) is 30.0. The van der Waals surface area contributed by atoms with Crippen molar-refractivity contribution in [3.05, 3.63) is 90.3 Å². The zero-order valence-corrected chi connectivity index (χ0v) is 23.3. The van der Waals surface area contributed by atoms with Crippen LogP contribution in [0.5, 0.6) is 5.75 Å². The van der Waals surface area contributed by atoms with Crippen molar-refractivity contribution in [2.24, 2.45) is 0 Å². The molecule has 0 saturated heterocycles. The molecule has 0 radical (unpaired) electrons. The second-order valence-corrected chi connectivity index (χ2v) is 9.96. The van der Waals surface area contributed by atoms with Crippen LogP contribution in [0.15, 0.2) is 79.1 Å². The molecule has 41 heavy (non-hydrogen) atoms. The Balaban J connectivity index is 1.21. The minimum absolute atomic E-state index is 0.304. The molecule has 0 aliphatic heterocycles. The van der Waals surface area contributed by atoms with Gasteiger partial charge in [0.05, 0.1) is 5.69 Å². The molecule has 0 spiro atoms. The first-order valence-corrected chi connectivity index (χ1v) is 13.4. The summed E-state index contributed by atoms with van der Waals surface area (Å²) in [6, 6.07) is 21.1. The molecule has 0 fully saturated rings. The average Bonchev–Trinajstić information content (AvgIpc) is 3.41. The number of benzene rings is 3. The van der Waals surface area contributed by atoms with Gasteiger partial charge in [0, 0.05) is 11.3 Å². The van der Waals surface area contributed by atoms with Gasteiger partial charge in [-0.05, 0) is 79.0 Å². The van der Waals surface area contributed by atoms with Crippen LogP contribution in [0.2, 0.25) is 0 Å². The van der Waals surface area contributed by atoms with Crippen molar-refractivity contribution >= 4 is 23.0 Å². The number of ether oxygens (including phenoxy) is 1. The maximum atomic E-state index is 12.4. The van der Waals surface area contributed by atoms with E-state index in [9.17, 15) is 18.3 Å². The molecule has 12 heteroatoms. The number of thiocarbonyl (C=S) groups is 1. The normalized spacial score (nSPS) is 12.3. The van der Waals surface area contributed by atoms with Crippen molar-refractivity contribution in [2.45, 2.75) is 45.3 Å². The van der Waals surface area contributed by atoms with Crippen molar-refractivity contribution in [1.29, 1.82) is 0 Å². The van der Waals surface area contributed by atoms with Gasteiger partial charge in [-0.2, -0.15) is 0 Å². The summed E-state index contributed by atoms with van der Waals surface area (Å²) in [5.74, 6) is 0.522. The summed E-state index contributed by atoms with van der Waals surface area (Å²) in [6.07, 6.45) is -2.65. The monoisotopic (exact) mass is 584 g/mol. The lowest BCUT2D eigenvalue weighted by atomic mass is 10.0. The number of anilines is 1. The Morgan fingerprint density at radius 2 is 1.73 bits per heavy atom. The van der Waals surface area contributed by atoms with Gasteiger partial charge < -0.3 is 20.5 Å². The number of aliphatic hydroxyl groups excluding tert-OH is 1. The third kappa shape index (κ3) is 9.00. The fourth-order valence-electron chi connectivity index (χ4n) is 4.12. The summed E-state index contributed by atoms with van der Waals surface area (Å²) in [5, 5.41) is 24.0. The molecule has 8 nitrogen and oxygen atoms in total. The number of halogens is 3. The van der Waals surface area contributed by atoms with Crippen LogP contribution in [0.3, 0.4) is 0 Å². The fourth-order valence-corrected chi connectivity index (χ4v) is 4.34. The lowest BCUT2D eigenvalue weighted by molar-refractivity contribution is -0.274. The zero-order valence-electron chi connectivity index (χ0n) is 22.5. The van der Waals surface area contributed by atoms with Crippen LogP contribution in [-0.2, 0) is 6.42 Å². The molecular formula is C29H31F3N6O2S. The molecule has 0 amide bonds. The minimum Gasteiger partial charge on any atom is -0.406 e. The molecule has 1 heterocycles. The maximum absolute atomic E-state index is 12.4. The largest absolute Gasteiger partial charge is 0.573 e. The molecule has 0 aliphatic carbocycles. The molecule has 4 aromatic rings. The molecule has 3 aromatic carbocycles. The van der Waals surface area contributed by atoms with E-state index in [1.807, 2.05) is 48.5 Å². The van der Waals surface area contributed by atoms with Crippen molar-refractivity contribution in [1.82, 2.24) is 25.4 Å². The Morgan fingerprint density at radius 3 is 2.41 bits per heavy atom. The van der Waals surface area contributed by atoms with Gasteiger partial charge in [0.2, 0.25) is 0 Å². The molecule has 0 aliphatic rings. The van der Waals surface area contributed by atoms with E-state index in [0.29, 0.717) is 29.1 Å². The Labute approximate surface area is 241 Å². The van der Waals surface area contributed by atoms with Crippen molar-refractivity contribution < 1.29 is 23.0 Å². The van der Waals surface area contributed by atoms with Crippen LogP contribution in [0.1, 0.15) is 37.3 Å². The third-order valence-electron chi connectivity index (χ3n) is 6.12. The first-order chi connectivity index (χ1) is 19.6. The fraction of sp³-hybridized carbons (Fsp3) is 0.276. The van der Waals surface area contributed by atoms with E-state index in [0.717, 1.165) is 35.2 Å². The van der Waals surface area contributed by atoms with Crippen LogP contribution in [-0.4, -0.2) is 44.2 Å². The second-order valence-electron chi connectivity index (χ2n) is 9.55. The number of hydrogen-bond acceptors (Lipinski definition) is 6. The molecule has 4 N–H and O–H groups in total. The van der Waals surface area contributed by atoms with Gasteiger partial charge in [-0.1, -0.05) is 56.3 Å². The van der Waals surface area contributed by atoms with Crippen LogP contribution in [0.4, 0.5) is 18.9 Å². The highest BCUT2D eigenvalue weighted by atomic mass is 32.1. The van der Waals surface area contributed by atoms with E-state index in [1.54, 1.807) is 0 Å². The number of nitrogens with zero attached hydrogens (tertiary/aromatic N) is 3. The van der Waals surface area contributed by atoms with E-state index in [-0.39, 0.29) is 5.75 Å². The van der Waals surface area contributed by atoms with Crippen molar-refractivity contribution in [3.8, 4) is 22.8 Å². The third-order valence-corrected chi connectivity index (χ3v) is 6.34. The number of aliphatic hydroxyl groups is 1. The Kier molecular flexibility index (Phi) is 9.92. The predicted octanol–water partition coefficient (Wildman–Crippen LogP) is 5.74. The smallest absolute Gasteiger partial charge is 0.406 e. The number of para-hydroxylation sites is 1. The summed E-state index contributed by atoms with van der Waals surface area (Å²) < 4.78 is 42.5. The molecular weight excluding hydrogens is 553 g/mol. The number of nitrogens with one attached hydrogen (secondary N) is 3. The average molecular weight is 585 g/mol. The lowest BCUT2D eigenvalue weighted by Crippen LogP contribution is -2.47. The van der Waals surface area contributed by atoms with Crippen molar-refractivity contribution in [3.63, 3.8) is 0 Å². The number of rotatable bonds is 11. The van der Waals surface area contributed by atoms with Gasteiger partial charge in [-0.3, -0.25) is 5.32 Å². The Morgan fingerprint density at radius 1 is 1.02 bits per heavy atom. The number of hydrogen-bond donors (Lipinski definition) is 4. The van der Waals surface area contributed by atoms with E-state index < -0.39 is 12.7 Å². The standard InChI is InChI=1S/C29H31F3N6O2S/c1-19(2)24-7-3-4-8-25(24)35-28(41)36-27(39)33-17-5-6-20-9-11-21(12-10-20)26-34-18-38(37-26)22-13-15-23(16-14-22)40-29(30,31)32/h3-4,7-16,18-19,27,33,39H,5-6,17H2,1-2H3,(H2,35,36,41). The second kappa shape index (κ2) is 13.6. The van der Waals surface area contributed by atoms with Gasteiger partial charge in [-0.15, -0.1) is 18.3 Å². The van der Waals surface area contributed by atoms with E-state index in [1.165, 1.54) is 35.3 Å². The van der Waals surface area contributed by atoms with E-state index in [4.69, 9.17) is 12.2 Å². The van der Waals surface area contributed by atoms with Gasteiger partial charge in [0.1, 0.15) is 12.1 Å². The number of aryl methyl sites for hydroxylation is 1. The SMILES string of the molecule is CC(C)c1ccccc1NC(=S)NC(O)NCCCc1ccc(-c2ncn(-c3ccc(OC(F)(F)F)cc3)n2)cc1. The highest BCUT2D eigenvalue weighted by molar-refractivity contribution is 7.80. The molecule has 216 valence electrons. The zero-order chi connectivity index (χ0) is 29.4. The molecule has 0 bridgehead atoms. The van der Waals surface area contributed by atoms with Gasteiger partial charge >= 0.3 is 6.36 Å². The quantitative estimate of drug-likeness (QED) is 0.101. The van der Waals surface area contributed by atoms with Crippen LogP contribution < -0.4 is 20.7 Å². The molecule has 4 rings (SSSR count). The highest BCUT2D eigenvalue weighted by Crippen LogP contribution is 2.25.